The second-order valence-corrected chi connectivity index (χ2v) is 8.45. The summed E-state index contributed by atoms with van der Waals surface area (Å²) in [5.74, 6) is -2.39. The summed E-state index contributed by atoms with van der Waals surface area (Å²) in [6, 6.07) is 14.4. The fraction of sp³-hybridized carbons (Fsp3) is 0.0909. The van der Waals surface area contributed by atoms with Gasteiger partial charge in [0.1, 0.15) is 11.6 Å². The average molecular weight is 459 g/mol. The second-order valence-electron chi connectivity index (χ2n) is 6.80. The summed E-state index contributed by atoms with van der Waals surface area (Å²) in [4.78, 5) is 24.1. The van der Waals surface area contributed by atoms with E-state index in [9.17, 15) is 26.8 Å². The molecule has 32 heavy (non-hydrogen) atoms. The molecule has 0 saturated carbocycles. The van der Waals surface area contributed by atoms with Crippen molar-refractivity contribution < 1.29 is 26.8 Å². The van der Waals surface area contributed by atoms with Crippen LogP contribution in [0.25, 0.3) is 0 Å². The summed E-state index contributed by atoms with van der Waals surface area (Å²) >= 11 is 0. The van der Waals surface area contributed by atoms with Crippen molar-refractivity contribution in [3.05, 3.63) is 89.5 Å². The Labute approximate surface area is 183 Å². The Morgan fingerprint density at radius 2 is 1.62 bits per heavy atom. The van der Waals surface area contributed by atoms with Crippen molar-refractivity contribution >= 4 is 33.2 Å². The molecule has 0 saturated heterocycles. The molecule has 166 valence electrons. The normalized spacial score (nSPS) is 11.0. The van der Waals surface area contributed by atoms with Gasteiger partial charge in [0.25, 0.3) is 15.9 Å². The molecule has 3 rings (SSSR count). The lowest BCUT2D eigenvalue weighted by Gasteiger charge is -2.13. The smallest absolute Gasteiger partial charge is 0.262 e. The molecular weight excluding hydrogens is 440 g/mol. The van der Waals surface area contributed by atoms with Crippen molar-refractivity contribution in [3.63, 3.8) is 0 Å². The van der Waals surface area contributed by atoms with E-state index in [1.54, 1.807) is 6.92 Å². The SMILES string of the molecule is Cc1ccc(NC(=O)CNC(=O)c2ccc(F)cc2)cc1S(=O)(=O)Nc1ccccc1F. The molecule has 0 spiro atoms. The van der Waals surface area contributed by atoms with Gasteiger partial charge in [0, 0.05) is 11.3 Å². The zero-order valence-electron chi connectivity index (χ0n) is 16.9. The lowest BCUT2D eigenvalue weighted by Crippen LogP contribution is -2.32. The van der Waals surface area contributed by atoms with Crippen LogP contribution in [0.1, 0.15) is 15.9 Å². The van der Waals surface area contributed by atoms with Gasteiger partial charge >= 0.3 is 0 Å². The lowest BCUT2D eigenvalue weighted by molar-refractivity contribution is -0.115. The van der Waals surface area contributed by atoms with E-state index in [4.69, 9.17) is 0 Å². The van der Waals surface area contributed by atoms with E-state index in [0.29, 0.717) is 5.56 Å². The minimum Gasteiger partial charge on any atom is -0.343 e. The Bertz CT molecular complexity index is 1260. The molecule has 3 N–H and O–H groups in total. The van der Waals surface area contributed by atoms with Crippen molar-refractivity contribution in [2.75, 3.05) is 16.6 Å². The van der Waals surface area contributed by atoms with Crippen LogP contribution in [-0.4, -0.2) is 26.8 Å². The fourth-order valence-electron chi connectivity index (χ4n) is 2.78. The van der Waals surface area contributed by atoms with Gasteiger partial charge in [-0.25, -0.2) is 17.2 Å². The molecule has 0 fully saturated rings. The third-order valence-electron chi connectivity index (χ3n) is 4.40. The molecule has 0 bridgehead atoms. The van der Waals surface area contributed by atoms with Gasteiger partial charge in [-0.15, -0.1) is 0 Å². The van der Waals surface area contributed by atoms with Crippen LogP contribution in [-0.2, 0) is 14.8 Å². The first-order chi connectivity index (χ1) is 15.2. The lowest BCUT2D eigenvalue weighted by atomic mass is 10.2. The molecule has 0 aliphatic carbocycles. The summed E-state index contributed by atoms with van der Waals surface area (Å²) in [6.07, 6.45) is 0. The van der Waals surface area contributed by atoms with Gasteiger partial charge in [0.15, 0.2) is 0 Å². The van der Waals surface area contributed by atoms with Crippen LogP contribution in [0.3, 0.4) is 0 Å². The predicted molar refractivity (Wildman–Crippen MR) is 116 cm³/mol. The first-order valence-electron chi connectivity index (χ1n) is 9.37. The molecule has 0 unspecified atom stereocenters. The van der Waals surface area contributed by atoms with Gasteiger partial charge < -0.3 is 10.6 Å². The van der Waals surface area contributed by atoms with E-state index in [1.807, 2.05) is 0 Å². The first-order valence-corrected chi connectivity index (χ1v) is 10.9. The van der Waals surface area contributed by atoms with E-state index in [0.717, 1.165) is 18.2 Å². The number of hydrogen-bond donors (Lipinski definition) is 3. The Morgan fingerprint density at radius 3 is 2.31 bits per heavy atom. The van der Waals surface area contributed by atoms with Crippen LogP contribution in [0.4, 0.5) is 20.2 Å². The highest BCUT2D eigenvalue weighted by Crippen LogP contribution is 2.24. The maximum atomic E-state index is 13.8. The number of sulfonamides is 1. The number of nitrogens with one attached hydrogen (secondary N) is 3. The minimum absolute atomic E-state index is 0.145. The molecule has 10 heteroatoms. The molecular formula is C22H19F2N3O4S. The monoisotopic (exact) mass is 459 g/mol. The predicted octanol–water partition coefficient (Wildman–Crippen LogP) is 3.44. The third-order valence-corrected chi connectivity index (χ3v) is 5.90. The number of para-hydroxylation sites is 1. The topological polar surface area (TPSA) is 104 Å². The Balaban J connectivity index is 1.68. The van der Waals surface area contributed by atoms with Crippen molar-refractivity contribution in [3.8, 4) is 0 Å². The average Bonchev–Trinajstić information content (AvgIpc) is 2.75. The standard InChI is InChI=1S/C22H19F2N3O4S/c1-14-6-11-17(12-20(14)32(30,31)27-19-5-3-2-4-18(19)24)26-21(28)13-25-22(29)15-7-9-16(23)10-8-15/h2-12,27H,13H2,1H3,(H,25,29)(H,26,28). The van der Waals surface area contributed by atoms with Gasteiger partial charge in [-0.3, -0.25) is 14.3 Å². The zero-order chi connectivity index (χ0) is 23.3. The van der Waals surface area contributed by atoms with Crippen molar-refractivity contribution in [2.45, 2.75) is 11.8 Å². The number of halogens is 2. The summed E-state index contributed by atoms with van der Waals surface area (Å²) in [5.41, 5.74) is 0.536. The van der Waals surface area contributed by atoms with Crippen molar-refractivity contribution in [1.29, 1.82) is 0 Å². The van der Waals surface area contributed by atoms with Gasteiger partial charge in [-0.1, -0.05) is 18.2 Å². The maximum Gasteiger partial charge on any atom is 0.262 e. The Hall–Kier alpha value is -3.79. The molecule has 0 aliphatic heterocycles. The number of benzene rings is 3. The van der Waals surface area contributed by atoms with Crippen LogP contribution in [0, 0.1) is 18.6 Å². The maximum absolute atomic E-state index is 13.8. The van der Waals surface area contributed by atoms with E-state index >= 15 is 0 Å². The summed E-state index contributed by atoms with van der Waals surface area (Å²) in [7, 11) is -4.13. The van der Waals surface area contributed by atoms with E-state index in [-0.39, 0.29) is 28.4 Å². The number of amides is 2. The van der Waals surface area contributed by atoms with Crippen LogP contribution >= 0.6 is 0 Å². The Kier molecular flexibility index (Phi) is 6.84. The van der Waals surface area contributed by atoms with Gasteiger partial charge in [-0.2, -0.15) is 0 Å². The number of carbonyl (C=O) groups is 2. The first kappa shape index (κ1) is 22.9. The van der Waals surface area contributed by atoms with E-state index < -0.39 is 33.5 Å². The minimum atomic E-state index is -4.13. The molecule has 0 aromatic heterocycles. The molecule has 2 amide bonds. The van der Waals surface area contributed by atoms with Crippen molar-refractivity contribution in [2.24, 2.45) is 0 Å². The number of rotatable bonds is 7. The van der Waals surface area contributed by atoms with Crippen LogP contribution in [0.5, 0.6) is 0 Å². The van der Waals surface area contributed by atoms with Crippen LogP contribution < -0.4 is 15.4 Å². The Morgan fingerprint density at radius 1 is 0.938 bits per heavy atom. The highest BCUT2D eigenvalue weighted by atomic mass is 32.2. The number of hydrogen-bond acceptors (Lipinski definition) is 4. The van der Waals surface area contributed by atoms with Crippen LogP contribution in [0.2, 0.25) is 0 Å². The highest BCUT2D eigenvalue weighted by molar-refractivity contribution is 7.92. The van der Waals surface area contributed by atoms with Crippen molar-refractivity contribution in [1.82, 2.24) is 5.32 Å². The summed E-state index contributed by atoms with van der Waals surface area (Å²) < 4.78 is 54.4. The summed E-state index contributed by atoms with van der Waals surface area (Å²) in [6.45, 7) is 1.17. The molecule has 3 aromatic carbocycles. The number of carbonyl (C=O) groups excluding carboxylic acids is 2. The highest BCUT2D eigenvalue weighted by Gasteiger charge is 2.20. The van der Waals surface area contributed by atoms with Gasteiger partial charge in [0.2, 0.25) is 5.91 Å². The van der Waals surface area contributed by atoms with E-state index in [1.165, 1.54) is 48.5 Å². The molecule has 7 nitrogen and oxygen atoms in total. The molecule has 0 aliphatic rings. The zero-order valence-corrected chi connectivity index (χ0v) is 17.7. The summed E-state index contributed by atoms with van der Waals surface area (Å²) in [5, 5.41) is 4.88. The largest absolute Gasteiger partial charge is 0.343 e. The second kappa shape index (κ2) is 9.56. The molecule has 0 radical (unpaired) electrons. The molecule has 0 heterocycles. The van der Waals surface area contributed by atoms with Gasteiger partial charge in [0.05, 0.1) is 17.1 Å². The van der Waals surface area contributed by atoms with E-state index in [2.05, 4.69) is 15.4 Å². The molecule has 0 atom stereocenters. The fourth-order valence-corrected chi connectivity index (χ4v) is 4.12. The number of anilines is 2. The third kappa shape index (κ3) is 5.67. The van der Waals surface area contributed by atoms with Gasteiger partial charge in [-0.05, 0) is 61.0 Å². The molecule has 3 aromatic rings. The number of aryl methyl sites for hydroxylation is 1. The van der Waals surface area contributed by atoms with Crippen LogP contribution in [0.15, 0.2) is 71.6 Å². The quantitative estimate of drug-likeness (QED) is 0.503.